The van der Waals surface area contributed by atoms with Crippen molar-refractivity contribution in [1.29, 1.82) is 5.26 Å². The van der Waals surface area contributed by atoms with E-state index >= 15 is 0 Å². The summed E-state index contributed by atoms with van der Waals surface area (Å²) in [5.74, 6) is 1.16. The van der Waals surface area contributed by atoms with Crippen LogP contribution in [0.25, 0.3) is 21.9 Å². The molecule has 0 atom stereocenters. The maximum absolute atomic E-state index is 8.61. The van der Waals surface area contributed by atoms with Gasteiger partial charge >= 0.3 is 0 Å². The largest absolute Gasteiger partial charge is 0.464 e. The van der Waals surface area contributed by atoms with Gasteiger partial charge in [-0.05, 0) is 29.6 Å². The fraction of sp³-hybridized carbons (Fsp3) is 0.0667. The van der Waals surface area contributed by atoms with Gasteiger partial charge in [0.1, 0.15) is 11.8 Å². The van der Waals surface area contributed by atoms with Crippen molar-refractivity contribution in [3.05, 3.63) is 48.0 Å². The highest BCUT2D eigenvalue weighted by molar-refractivity contribution is 7.13. The maximum Gasteiger partial charge on any atom is 0.215 e. The molecule has 0 spiro atoms. The van der Waals surface area contributed by atoms with Gasteiger partial charge in [-0.25, -0.2) is 4.98 Å². The minimum Gasteiger partial charge on any atom is -0.464 e. The third-order valence-corrected chi connectivity index (χ3v) is 3.56. The molecule has 5 heteroatoms. The van der Waals surface area contributed by atoms with Crippen LogP contribution in [0, 0.1) is 11.3 Å². The SMILES string of the molecule is N#CCOc1cc(-c2ccco2)cc(-c2cccs2)n1. The monoisotopic (exact) mass is 282 g/mol. The van der Waals surface area contributed by atoms with E-state index in [-0.39, 0.29) is 6.61 Å². The van der Waals surface area contributed by atoms with Gasteiger partial charge in [-0.1, -0.05) is 6.07 Å². The summed E-state index contributed by atoms with van der Waals surface area (Å²) in [6.45, 7) is -0.0293. The van der Waals surface area contributed by atoms with Crippen molar-refractivity contribution in [1.82, 2.24) is 4.98 Å². The first-order chi connectivity index (χ1) is 9.86. The van der Waals surface area contributed by atoms with Gasteiger partial charge in [-0.15, -0.1) is 11.3 Å². The average Bonchev–Trinajstić information content (AvgIpc) is 3.17. The van der Waals surface area contributed by atoms with E-state index in [4.69, 9.17) is 14.4 Å². The van der Waals surface area contributed by atoms with Crippen molar-refractivity contribution in [2.45, 2.75) is 0 Å². The molecule has 0 bridgehead atoms. The molecular weight excluding hydrogens is 272 g/mol. The molecule has 0 radical (unpaired) electrons. The lowest BCUT2D eigenvalue weighted by Gasteiger charge is -2.06. The fourth-order valence-corrected chi connectivity index (χ4v) is 2.51. The molecule has 4 nitrogen and oxygen atoms in total. The number of pyridine rings is 1. The van der Waals surface area contributed by atoms with E-state index in [1.54, 1.807) is 23.7 Å². The number of nitriles is 1. The summed E-state index contributed by atoms with van der Waals surface area (Å²) >= 11 is 1.60. The number of aromatic nitrogens is 1. The van der Waals surface area contributed by atoms with Crippen molar-refractivity contribution in [3.8, 4) is 33.8 Å². The van der Waals surface area contributed by atoms with Crippen LogP contribution in [0.2, 0.25) is 0 Å². The Balaban J connectivity index is 2.06. The highest BCUT2D eigenvalue weighted by atomic mass is 32.1. The Hall–Kier alpha value is -2.58. The van der Waals surface area contributed by atoms with E-state index in [1.165, 1.54) is 0 Å². The van der Waals surface area contributed by atoms with E-state index in [1.807, 2.05) is 41.8 Å². The van der Waals surface area contributed by atoms with Gasteiger partial charge < -0.3 is 9.15 Å². The molecular formula is C15H10N2O2S. The summed E-state index contributed by atoms with van der Waals surface area (Å²) in [4.78, 5) is 5.46. The van der Waals surface area contributed by atoms with Crippen molar-refractivity contribution in [2.24, 2.45) is 0 Å². The summed E-state index contributed by atoms with van der Waals surface area (Å²) in [6, 6.07) is 13.3. The quantitative estimate of drug-likeness (QED) is 0.726. The molecule has 0 aromatic carbocycles. The number of rotatable bonds is 4. The molecule has 3 rings (SSSR count). The third kappa shape index (κ3) is 2.56. The zero-order chi connectivity index (χ0) is 13.8. The van der Waals surface area contributed by atoms with Gasteiger partial charge in [-0.2, -0.15) is 5.26 Å². The van der Waals surface area contributed by atoms with E-state index in [2.05, 4.69) is 4.98 Å². The van der Waals surface area contributed by atoms with E-state index < -0.39 is 0 Å². The molecule has 0 aliphatic heterocycles. The molecule has 3 heterocycles. The number of thiophene rings is 1. The zero-order valence-electron chi connectivity index (χ0n) is 10.4. The number of nitrogens with zero attached hydrogens (tertiary/aromatic N) is 2. The molecule has 0 fully saturated rings. The molecule has 0 aliphatic rings. The number of hydrogen-bond donors (Lipinski definition) is 0. The molecule has 20 heavy (non-hydrogen) atoms. The highest BCUT2D eigenvalue weighted by Crippen LogP contribution is 2.30. The van der Waals surface area contributed by atoms with Gasteiger partial charge in [0.2, 0.25) is 5.88 Å². The molecule has 0 saturated heterocycles. The lowest BCUT2D eigenvalue weighted by molar-refractivity contribution is 0.354. The van der Waals surface area contributed by atoms with E-state index in [0.717, 1.165) is 21.9 Å². The number of hydrogen-bond acceptors (Lipinski definition) is 5. The predicted molar refractivity (Wildman–Crippen MR) is 76.4 cm³/mol. The lowest BCUT2D eigenvalue weighted by Crippen LogP contribution is -1.97. The van der Waals surface area contributed by atoms with Gasteiger partial charge in [0.25, 0.3) is 0 Å². The standard InChI is InChI=1S/C15H10N2O2S/c16-5-7-19-15-10-11(13-3-1-6-18-13)9-12(17-15)14-4-2-8-20-14/h1-4,6,8-10H,7H2. The molecule has 98 valence electrons. The molecule has 3 aromatic heterocycles. The van der Waals surface area contributed by atoms with Crippen LogP contribution in [0.5, 0.6) is 5.88 Å². The van der Waals surface area contributed by atoms with Gasteiger partial charge in [-0.3, -0.25) is 0 Å². The van der Waals surface area contributed by atoms with Crippen LogP contribution in [0.3, 0.4) is 0 Å². The summed E-state index contributed by atoms with van der Waals surface area (Å²) < 4.78 is 10.7. The topological polar surface area (TPSA) is 59.0 Å². The van der Waals surface area contributed by atoms with Crippen molar-refractivity contribution in [3.63, 3.8) is 0 Å². The number of ether oxygens (including phenoxy) is 1. The van der Waals surface area contributed by atoms with Crippen LogP contribution in [0.15, 0.2) is 52.5 Å². The van der Waals surface area contributed by atoms with Crippen molar-refractivity contribution < 1.29 is 9.15 Å². The Morgan fingerprint density at radius 2 is 2.25 bits per heavy atom. The second-order valence-electron chi connectivity index (χ2n) is 3.98. The summed E-state index contributed by atoms with van der Waals surface area (Å²) in [5, 5.41) is 10.6. The van der Waals surface area contributed by atoms with Crippen LogP contribution >= 0.6 is 11.3 Å². The third-order valence-electron chi connectivity index (χ3n) is 2.67. The summed E-state index contributed by atoms with van der Waals surface area (Å²) in [6.07, 6.45) is 1.62. The zero-order valence-corrected chi connectivity index (χ0v) is 11.3. The highest BCUT2D eigenvalue weighted by Gasteiger charge is 2.10. The summed E-state index contributed by atoms with van der Waals surface area (Å²) in [7, 11) is 0. The van der Waals surface area contributed by atoms with Gasteiger partial charge in [0, 0.05) is 11.6 Å². The Morgan fingerprint density at radius 1 is 1.30 bits per heavy atom. The van der Waals surface area contributed by atoms with Crippen LogP contribution in [0.4, 0.5) is 0 Å². The van der Waals surface area contributed by atoms with Gasteiger partial charge in [0.05, 0.1) is 16.8 Å². The summed E-state index contributed by atoms with van der Waals surface area (Å²) in [5.41, 5.74) is 1.68. The van der Waals surface area contributed by atoms with E-state index in [9.17, 15) is 0 Å². The fourth-order valence-electron chi connectivity index (χ4n) is 1.82. The maximum atomic E-state index is 8.61. The smallest absolute Gasteiger partial charge is 0.215 e. The number of furan rings is 1. The minimum absolute atomic E-state index is 0.0293. The Bertz CT molecular complexity index is 675. The molecule has 0 saturated carbocycles. The Labute approximate surface area is 119 Å². The Morgan fingerprint density at radius 3 is 2.95 bits per heavy atom. The van der Waals surface area contributed by atoms with Crippen molar-refractivity contribution >= 4 is 11.3 Å². The van der Waals surface area contributed by atoms with E-state index in [0.29, 0.717) is 5.88 Å². The van der Waals surface area contributed by atoms with Crippen molar-refractivity contribution in [2.75, 3.05) is 6.61 Å². The molecule has 3 aromatic rings. The molecule has 0 amide bonds. The predicted octanol–water partition coefficient (Wildman–Crippen LogP) is 3.97. The lowest BCUT2D eigenvalue weighted by atomic mass is 10.1. The second kappa shape index (κ2) is 5.59. The average molecular weight is 282 g/mol. The molecule has 0 unspecified atom stereocenters. The first kappa shape index (κ1) is 12.5. The Kier molecular flexibility index (Phi) is 3.48. The molecule has 0 N–H and O–H groups in total. The normalized spacial score (nSPS) is 10.2. The first-order valence-electron chi connectivity index (χ1n) is 5.96. The van der Waals surface area contributed by atoms with Crippen LogP contribution in [-0.4, -0.2) is 11.6 Å². The van der Waals surface area contributed by atoms with Crippen LogP contribution < -0.4 is 4.74 Å². The minimum atomic E-state index is -0.0293. The second-order valence-corrected chi connectivity index (χ2v) is 4.93. The van der Waals surface area contributed by atoms with Crippen LogP contribution in [-0.2, 0) is 0 Å². The van der Waals surface area contributed by atoms with Crippen LogP contribution in [0.1, 0.15) is 0 Å². The molecule has 0 aliphatic carbocycles. The first-order valence-corrected chi connectivity index (χ1v) is 6.84. The van der Waals surface area contributed by atoms with Gasteiger partial charge in [0.15, 0.2) is 6.61 Å².